The van der Waals surface area contributed by atoms with E-state index in [0.29, 0.717) is 17.0 Å². The molecule has 1 N–H and O–H groups in total. The summed E-state index contributed by atoms with van der Waals surface area (Å²) in [5.74, 6) is -0.501. The largest absolute Gasteiger partial charge is 0.416 e. The van der Waals surface area contributed by atoms with E-state index in [-0.39, 0.29) is 5.56 Å². The zero-order valence-electron chi connectivity index (χ0n) is 13.1. The lowest BCUT2D eigenvalue weighted by Crippen LogP contribution is -2.20. The third-order valence-electron chi connectivity index (χ3n) is 3.51. The monoisotopic (exact) mass is 346 g/mol. The van der Waals surface area contributed by atoms with Gasteiger partial charge in [-0.2, -0.15) is 18.3 Å². The Labute approximate surface area is 140 Å². The summed E-state index contributed by atoms with van der Waals surface area (Å²) in [7, 11) is 0. The molecule has 3 aromatic rings. The zero-order valence-corrected chi connectivity index (χ0v) is 13.1. The van der Waals surface area contributed by atoms with Crippen LogP contribution in [0.25, 0.3) is 5.65 Å². The van der Waals surface area contributed by atoms with Crippen molar-refractivity contribution in [2.24, 2.45) is 5.10 Å². The van der Waals surface area contributed by atoms with Crippen molar-refractivity contribution < 1.29 is 18.0 Å². The number of nitrogens with one attached hydrogen (secondary N) is 1. The molecule has 0 radical (unpaired) electrons. The van der Waals surface area contributed by atoms with Crippen LogP contribution in [0.15, 0.2) is 53.8 Å². The molecule has 0 atom stereocenters. The predicted molar refractivity (Wildman–Crippen MR) is 86.4 cm³/mol. The molecule has 0 aliphatic carbocycles. The molecule has 0 saturated heterocycles. The Morgan fingerprint density at radius 1 is 1.24 bits per heavy atom. The molecule has 1 amide bonds. The van der Waals surface area contributed by atoms with E-state index in [1.54, 1.807) is 35.7 Å². The first-order chi connectivity index (χ1) is 11.9. The van der Waals surface area contributed by atoms with Crippen molar-refractivity contribution in [1.82, 2.24) is 14.8 Å². The van der Waals surface area contributed by atoms with Gasteiger partial charge in [-0.15, -0.1) is 0 Å². The summed E-state index contributed by atoms with van der Waals surface area (Å²) in [5, 5.41) is 3.74. The van der Waals surface area contributed by atoms with Crippen LogP contribution in [-0.4, -0.2) is 21.5 Å². The van der Waals surface area contributed by atoms with Crippen LogP contribution in [-0.2, 0) is 6.18 Å². The number of aromatic nitrogens is 2. The molecule has 1 aromatic carbocycles. The van der Waals surface area contributed by atoms with Gasteiger partial charge < -0.3 is 0 Å². The standard InChI is InChI=1S/C17H13F3N4O/c1-11-15(24-8-3-2-7-14(24)22-11)16(25)23-21-10-12-5-4-6-13(9-12)17(18,19)20/h2-10H,1H3,(H,23,25)/b21-10-. The Balaban J connectivity index is 1.78. The van der Waals surface area contributed by atoms with E-state index in [0.717, 1.165) is 18.3 Å². The molecule has 128 valence electrons. The molecule has 8 heteroatoms. The SMILES string of the molecule is Cc1nc2ccccn2c1C(=O)N/N=C\c1cccc(C(F)(F)F)c1. The van der Waals surface area contributed by atoms with E-state index in [1.165, 1.54) is 12.1 Å². The summed E-state index contributed by atoms with van der Waals surface area (Å²) in [6.45, 7) is 1.69. The first-order valence-corrected chi connectivity index (χ1v) is 7.30. The molecule has 5 nitrogen and oxygen atoms in total. The van der Waals surface area contributed by atoms with Crippen molar-refractivity contribution in [3.63, 3.8) is 0 Å². The lowest BCUT2D eigenvalue weighted by atomic mass is 10.1. The Hall–Kier alpha value is -3.16. The van der Waals surface area contributed by atoms with E-state index < -0.39 is 17.6 Å². The fourth-order valence-electron chi connectivity index (χ4n) is 2.40. The van der Waals surface area contributed by atoms with Crippen molar-refractivity contribution >= 4 is 17.8 Å². The van der Waals surface area contributed by atoms with Gasteiger partial charge in [0.05, 0.1) is 17.5 Å². The summed E-state index contributed by atoms with van der Waals surface area (Å²) < 4.78 is 39.6. The average molecular weight is 346 g/mol. The zero-order chi connectivity index (χ0) is 18.0. The van der Waals surface area contributed by atoms with E-state index in [4.69, 9.17) is 0 Å². The number of imidazole rings is 1. The van der Waals surface area contributed by atoms with Crippen LogP contribution in [0.4, 0.5) is 13.2 Å². The highest BCUT2D eigenvalue weighted by Crippen LogP contribution is 2.29. The van der Waals surface area contributed by atoms with Crippen LogP contribution < -0.4 is 5.43 Å². The molecule has 0 bridgehead atoms. The van der Waals surface area contributed by atoms with Crippen LogP contribution in [0.1, 0.15) is 27.3 Å². The number of halogens is 3. The smallest absolute Gasteiger partial charge is 0.295 e. The number of hydrogen-bond acceptors (Lipinski definition) is 3. The highest BCUT2D eigenvalue weighted by atomic mass is 19.4. The average Bonchev–Trinajstić information content (AvgIpc) is 2.90. The van der Waals surface area contributed by atoms with Crippen LogP contribution in [0, 0.1) is 6.92 Å². The highest BCUT2D eigenvalue weighted by Gasteiger charge is 2.30. The van der Waals surface area contributed by atoms with Gasteiger partial charge in [-0.25, -0.2) is 10.4 Å². The molecule has 2 heterocycles. The first kappa shape index (κ1) is 16.7. The number of hydrazone groups is 1. The topological polar surface area (TPSA) is 58.8 Å². The van der Waals surface area contributed by atoms with Gasteiger partial charge in [0.15, 0.2) is 0 Å². The number of pyridine rings is 1. The first-order valence-electron chi connectivity index (χ1n) is 7.30. The lowest BCUT2D eigenvalue weighted by molar-refractivity contribution is -0.137. The van der Waals surface area contributed by atoms with Crippen molar-refractivity contribution in [3.8, 4) is 0 Å². The van der Waals surface area contributed by atoms with E-state index in [9.17, 15) is 18.0 Å². The number of nitrogens with zero attached hydrogens (tertiary/aromatic N) is 3. The second-order valence-electron chi connectivity index (χ2n) is 5.30. The Kier molecular flexibility index (Phi) is 4.26. The third-order valence-corrected chi connectivity index (χ3v) is 3.51. The molecule has 2 aromatic heterocycles. The molecule has 0 unspecified atom stereocenters. The summed E-state index contributed by atoms with van der Waals surface area (Å²) >= 11 is 0. The van der Waals surface area contributed by atoms with Crippen molar-refractivity contribution in [2.45, 2.75) is 13.1 Å². The van der Waals surface area contributed by atoms with Crippen LogP contribution >= 0.6 is 0 Å². The summed E-state index contributed by atoms with van der Waals surface area (Å²) in [5.41, 5.74) is 3.22. The fourth-order valence-corrected chi connectivity index (χ4v) is 2.40. The highest BCUT2D eigenvalue weighted by molar-refractivity contribution is 5.95. The number of rotatable bonds is 3. The molecule has 0 fully saturated rings. The van der Waals surface area contributed by atoms with Crippen molar-refractivity contribution in [1.29, 1.82) is 0 Å². The maximum absolute atomic E-state index is 12.7. The van der Waals surface area contributed by atoms with E-state index >= 15 is 0 Å². The normalized spacial score (nSPS) is 12.0. The van der Waals surface area contributed by atoms with Gasteiger partial charge in [-0.3, -0.25) is 9.20 Å². The van der Waals surface area contributed by atoms with Gasteiger partial charge in [0.2, 0.25) is 0 Å². The molecular formula is C17H13F3N4O. The third kappa shape index (κ3) is 3.52. The van der Waals surface area contributed by atoms with Gasteiger partial charge in [-0.1, -0.05) is 18.2 Å². The van der Waals surface area contributed by atoms with Crippen LogP contribution in [0.3, 0.4) is 0 Å². The van der Waals surface area contributed by atoms with E-state index in [1.807, 2.05) is 0 Å². The number of alkyl halides is 3. The number of hydrogen-bond donors (Lipinski definition) is 1. The minimum Gasteiger partial charge on any atom is -0.295 e. The Morgan fingerprint density at radius 3 is 2.80 bits per heavy atom. The molecule has 0 aliphatic rings. The Morgan fingerprint density at radius 2 is 2.04 bits per heavy atom. The van der Waals surface area contributed by atoms with E-state index in [2.05, 4.69) is 15.5 Å². The minimum absolute atomic E-state index is 0.227. The number of carbonyl (C=O) groups is 1. The maximum atomic E-state index is 12.7. The van der Waals surface area contributed by atoms with Gasteiger partial charge in [0.1, 0.15) is 11.3 Å². The second-order valence-corrected chi connectivity index (χ2v) is 5.30. The number of amides is 1. The molecule has 0 spiro atoms. The van der Waals surface area contributed by atoms with Crippen LogP contribution in [0.5, 0.6) is 0 Å². The second kappa shape index (κ2) is 6.39. The van der Waals surface area contributed by atoms with Gasteiger partial charge in [0, 0.05) is 6.20 Å². The quantitative estimate of drug-likeness (QED) is 0.583. The van der Waals surface area contributed by atoms with Crippen molar-refractivity contribution in [2.75, 3.05) is 0 Å². The van der Waals surface area contributed by atoms with Gasteiger partial charge in [0.25, 0.3) is 5.91 Å². The summed E-state index contributed by atoms with van der Waals surface area (Å²) in [6.07, 6.45) is -1.58. The van der Waals surface area contributed by atoms with Crippen LogP contribution in [0.2, 0.25) is 0 Å². The molecular weight excluding hydrogens is 333 g/mol. The molecule has 0 saturated carbocycles. The number of fused-ring (bicyclic) bond motifs is 1. The minimum atomic E-state index is -4.43. The van der Waals surface area contributed by atoms with Gasteiger partial charge in [-0.05, 0) is 36.8 Å². The number of carbonyl (C=O) groups excluding carboxylic acids is 1. The molecule has 25 heavy (non-hydrogen) atoms. The lowest BCUT2D eigenvalue weighted by Gasteiger charge is -2.06. The van der Waals surface area contributed by atoms with Crippen molar-refractivity contribution in [3.05, 3.63) is 71.2 Å². The molecule has 3 rings (SSSR count). The number of aryl methyl sites for hydroxylation is 1. The molecule has 0 aliphatic heterocycles. The van der Waals surface area contributed by atoms with Gasteiger partial charge >= 0.3 is 6.18 Å². The summed E-state index contributed by atoms with van der Waals surface area (Å²) in [4.78, 5) is 16.6. The Bertz CT molecular complexity index is 960. The predicted octanol–water partition coefficient (Wildman–Crippen LogP) is 3.43. The number of benzene rings is 1. The maximum Gasteiger partial charge on any atom is 0.416 e. The fraction of sp³-hybridized carbons (Fsp3) is 0.118. The summed E-state index contributed by atoms with van der Waals surface area (Å²) in [6, 6.07) is 9.99.